The van der Waals surface area contributed by atoms with E-state index in [1.807, 2.05) is 14.0 Å². The number of ether oxygens (including phenoxy) is 1. The summed E-state index contributed by atoms with van der Waals surface area (Å²) >= 11 is 0. The first-order valence-electron chi connectivity index (χ1n) is 6.24. The first-order valence-corrected chi connectivity index (χ1v) is 6.24. The van der Waals surface area contributed by atoms with Gasteiger partial charge in [-0.15, -0.1) is 0 Å². The topological polar surface area (TPSA) is 47.0 Å². The van der Waals surface area contributed by atoms with E-state index in [0.29, 0.717) is 6.61 Å². The van der Waals surface area contributed by atoms with Gasteiger partial charge in [-0.05, 0) is 46.3 Å². The fourth-order valence-corrected chi connectivity index (χ4v) is 1.84. The van der Waals surface area contributed by atoms with Crippen molar-refractivity contribution in [1.29, 1.82) is 0 Å². The average molecular weight is 237 g/mol. The zero-order valence-corrected chi connectivity index (χ0v) is 11.3. The molecule has 0 bridgehead atoms. The van der Waals surface area contributed by atoms with Crippen LogP contribution >= 0.6 is 0 Å². The molecule has 0 aliphatic heterocycles. The van der Waals surface area contributed by atoms with Crippen LogP contribution in [0.4, 0.5) is 0 Å². The Morgan fingerprint density at radius 2 is 1.76 bits per heavy atom. The Morgan fingerprint density at radius 1 is 1.12 bits per heavy atom. The highest BCUT2D eigenvalue weighted by Crippen LogP contribution is 2.11. The minimum atomic E-state index is 0.700. The number of nitrogens with zero attached hydrogens (tertiary/aromatic N) is 2. The Labute approximate surface area is 104 Å². The van der Waals surface area contributed by atoms with Crippen LogP contribution in [0.3, 0.4) is 0 Å². The first-order chi connectivity index (χ1) is 8.19. The molecule has 0 saturated carbocycles. The van der Waals surface area contributed by atoms with Crippen molar-refractivity contribution in [2.24, 2.45) is 0 Å². The molecule has 4 heteroatoms. The number of likely N-dealkylation sites (N-methyl/N-ethyl adjacent to an activating group) is 1. The molecule has 0 unspecified atom stereocenters. The quantitative estimate of drug-likeness (QED) is 0.729. The van der Waals surface area contributed by atoms with Crippen molar-refractivity contribution < 1.29 is 4.74 Å². The lowest BCUT2D eigenvalue weighted by molar-refractivity contribution is 0.149. The Bertz CT molecular complexity index is 330. The third-order valence-electron chi connectivity index (χ3n) is 2.77. The van der Waals surface area contributed by atoms with E-state index >= 15 is 0 Å². The highest BCUT2D eigenvalue weighted by molar-refractivity contribution is 5.24. The molecule has 0 aliphatic rings. The summed E-state index contributed by atoms with van der Waals surface area (Å²) in [6.07, 6.45) is 1.78. The molecule has 1 rings (SSSR count). The molecule has 17 heavy (non-hydrogen) atoms. The third kappa shape index (κ3) is 4.40. The maximum Gasteiger partial charge on any atom is 0.131 e. The van der Waals surface area contributed by atoms with Gasteiger partial charge in [-0.3, -0.25) is 0 Å². The summed E-state index contributed by atoms with van der Waals surface area (Å²) in [6, 6.07) is 0. The van der Waals surface area contributed by atoms with Crippen molar-refractivity contribution in [2.45, 2.75) is 33.6 Å². The second kappa shape index (κ2) is 7.35. The minimum absolute atomic E-state index is 0.700. The van der Waals surface area contributed by atoms with Crippen molar-refractivity contribution in [2.75, 3.05) is 26.8 Å². The Balaban J connectivity index is 2.71. The van der Waals surface area contributed by atoms with Gasteiger partial charge < -0.3 is 10.1 Å². The number of nitrogens with one attached hydrogen (secondary N) is 1. The number of hydrogen-bond donors (Lipinski definition) is 1. The fraction of sp³-hybridized carbons (Fsp3) is 0.692. The van der Waals surface area contributed by atoms with E-state index in [1.165, 1.54) is 5.56 Å². The molecule has 0 aliphatic carbocycles. The molecule has 0 fully saturated rings. The van der Waals surface area contributed by atoms with Gasteiger partial charge in [0.2, 0.25) is 0 Å². The van der Waals surface area contributed by atoms with Gasteiger partial charge in [-0.1, -0.05) is 0 Å². The summed E-state index contributed by atoms with van der Waals surface area (Å²) in [7, 11) is 1.96. The largest absolute Gasteiger partial charge is 0.381 e. The number of aryl methyl sites for hydroxylation is 2. The van der Waals surface area contributed by atoms with Gasteiger partial charge >= 0.3 is 0 Å². The maximum absolute atomic E-state index is 5.32. The van der Waals surface area contributed by atoms with Gasteiger partial charge in [0.05, 0.1) is 6.61 Å². The first kappa shape index (κ1) is 14.1. The van der Waals surface area contributed by atoms with Gasteiger partial charge in [0.15, 0.2) is 0 Å². The average Bonchev–Trinajstić information content (AvgIpc) is 2.28. The number of hydrogen-bond acceptors (Lipinski definition) is 4. The molecule has 1 heterocycles. The summed E-state index contributed by atoms with van der Waals surface area (Å²) in [6.45, 7) is 8.53. The van der Waals surface area contributed by atoms with Crippen molar-refractivity contribution in [3.63, 3.8) is 0 Å². The van der Waals surface area contributed by atoms with E-state index in [0.717, 1.165) is 43.2 Å². The van der Waals surface area contributed by atoms with Gasteiger partial charge in [0, 0.05) is 24.4 Å². The van der Waals surface area contributed by atoms with E-state index in [2.05, 4.69) is 29.1 Å². The Morgan fingerprint density at radius 3 is 2.29 bits per heavy atom. The van der Waals surface area contributed by atoms with Crippen LogP contribution in [-0.2, 0) is 17.6 Å². The normalized spacial score (nSPS) is 10.8. The highest BCUT2D eigenvalue weighted by Gasteiger charge is 2.07. The van der Waals surface area contributed by atoms with Crippen molar-refractivity contribution >= 4 is 0 Å². The predicted molar refractivity (Wildman–Crippen MR) is 69.3 cm³/mol. The summed E-state index contributed by atoms with van der Waals surface area (Å²) < 4.78 is 5.32. The zero-order chi connectivity index (χ0) is 12.7. The molecule has 1 aromatic rings. The lowest BCUT2D eigenvalue weighted by Gasteiger charge is -2.10. The van der Waals surface area contributed by atoms with Crippen LogP contribution in [0.1, 0.15) is 29.7 Å². The van der Waals surface area contributed by atoms with E-state index in [9.17, 15) is 0 Å². The SMILES string of the molecule is CCOCCc1nc(C)c(CCNC)c(C)n1. The summed E-state index contributed by atoms with van der Waals surface area (Å²) in [5, 5.41) is 3.15. The van der Waals surface area contributed by atoms with E-state index in [1.54, 1.807) is 0 Å². The summed E-state index contributed by atoms with van der Waals surface area (Å²) in [4.78, 5) is 9.08. The minimum Gasteiger partial charge on any atom is -0.381 e. The summed E-state index contributed by atoms with van der Waals surface area (Å²) in [5.41, 5.74) is 3.46. The second-order valence-corrected chi connectivity index (χ2v) is 4.09. The molecule has 4 nitrogen and oxygen atoms in total. The van der Waals surface area contributed by atoms with Gasteiger partial charge in [0.25, 0.3) is 0 Å². The molecule has 0 atom stereocenters. The van der Waals surface area contributed by atoms with Crippen LogP contribution in [0.5, 0.6) is 0 Å². The molecule has 0 saturated heterocycles. The van der Waals surface area contributed by atoms with Crippen molar-refractivity contribution in [3.05, 3.63) is 22.8 Å². The summed E-state index contributed by atoms with van der Waals surface area (Å²) in [5.74, 6) is 0.890. The molecule has 0 aromatic carbocycles. The Hall–Kier alpha value is -1.00. The lowest BCUT2D eigenvalue weighted by Crippen LogP contribution is -2.14. The van der Waals surface area contributed by atoms with E-state index in [-0.39, 0.29) is 0 Å². The van der Waals surface area contributed by atoms with Crippen molar-refractivity contribution in [1.82, 2.24) is 15.3 Å². The van der Waals surface area contributed by atoms with E-state index < -0.39 is 0 Å². The lowest BCUT2D eigenvalue weighted by atomic mass is 10.1. The maximum atomic E-state index is 5.32. The van der Waals surface area contributed by atoms with Gasteiger partial charge in [-0.25, -0.2) is 9.97 Å². The van der Waals surface area contributed by atoms with Crippen LogP contribution in [0.15, 0.2) is 0 Å². The molecule has 0 radical (unpaired) electrons. The van der Waals surface area contributed by atoms with Gasteiger partial charge in [0.1, 0.15) is 5.82 Å². The van der Waals surface area contributed by atoms with Crippen LogP contribution in [0.25, 0.3) is 0 Å². The number of rotatable bonds is 7. The smallest absolute Gasteiger partial charge is 0.131 e. The molecule has 96 valence electrons. The zero-order valence-electron chi connectivity index (χ0n) is 11.3. The Kier molecular flexibility index (Phi) is 6.08. The third-order valence-corrected chi connectivity index (χ3v) is 2.77. The standard InChI is InChI=1S/C13H23N3O/c1-5-17-9-7-13-15-10(2)12(6-8-14-4)11(3)16-13/h14H,5-9H2,1-4H3. The molecular weight excluding hydrogens is 214 g/mol. The molecular formula is C13H23N3O. The molecule has 1 N–H and O–H groups in total. The fourth-order valence-electron chi connectivity index (χ4n) is 1.84. The molecule has 0 spiro atoms. The van der Waals surface area contributed by atoms with E-state index in [4.69, 9.17) is 4.74 Å². The van der Waals surface area contributed by atoms with Gasteiger partial charge in [-0.2, -0.15) is 0 Å². The van der Waals surface area contributed by atoms with Crippen LogP contribution < -0.4 is 5.32 Å². The van der Waals surface area contributed by atoms with Crippen LogP contribution in [-0.4, -0.2) is 36.8 Å². The van der Waals surface area contributed by atoms with Crippen LogP contribution in [0.2, 0.25) is 0 Å². The van der Waals surface area contributed by atoms with Crippen LogP contribution in [0, 0.1) is 13.8 Å². The number of aromatic nitrogens is 2. The van der Waals surface area contributed by atoms with Crippen molar-refractivity contribution in [3.8, 4) is 0 Å². The molecule has 1 aromatic heterocycles. The predicted octanol–water partition coefficient (Wildman–Crippen LogP) is 1.43. The molecule has 0 amide bonds. The highest BCUT2D eigenvalue weighted by atomic mass is 16.5. The monoisotopic (exact) mass is 237 g/mol. The second-order valence-electron chi connectivity index (χ2n) is 4.09.